The largest absolute Gasteiger partial charge is 0.478 e. The van der Waals surface area contributed by atoms with Gasteiger partial charge in [0.05, 0.1) is 16.3 Å². The highest BCUT2D eigenvalue weighted by Gasteiger charge is 2.20. The van der Waals surface area contributed by atoms with Crippen molar-refractivity contribution in [3.63, 3.8) is 0 Å². The summed E-state index contributed by atoms with van der Waals surface area (Å²) in [6.45, 7) is 2.67. The first-order valence-corrected chi connectivity index (χ1v) is 8.53. The Labute approximate surface area is 129 Å². The van der Waals surface area contributed by atoms with Crippen LogP contribution < -0.4 is 10.5 Å². The summed E-state index contributed by atoms with van der Waals surface area (Å²) in [6, 6.07) is 2.27. The SMILES string of the molecule is CCCCCCNc1cc(C(=O)O)cc(S(N)(=O)=O)c1Cl. The van der Waals surface area contributed by atoms with Crippen LogP contribution in [-0.4, -0.2) is 26.0 Å². The highest BCUT2D eigenvalue weighted by molar-refractivity contribution is 7.89. The van der Waals surface area contributed by atoms with Crippen molar-refractivity contribution in [3.05, 3.63) is 22.7 Å². The highest BCUT2D eigenvalue weighted by atomic mass is 35.5. The molecule has 0 fully saturated rings. The summed E-state index contributed by atoms with van der Waals surface area (Å²) >= 11 is 6.00. The van der Waals surface area contributed by atoms with Gasteiger partial charge in [0.15, 0.2) is 0 Å². The maximum atomic E-state index is 11.5. The molecule has 6 nitrogen and oxygen atoms in total. The summed E-state index contributed by atoms with van der Waals surface area (Å²) in [5, 5.41) is 17.0. The average molecular weight is 335 g/mol. The van der Waals surface area contributed by atoms with E-state index in [1.54, 1.807) is 0 Å². The fourth-order valence-corrected chi connectivity index (χ4v) is 2.98. The van der Waals surface area contributed by atoms with Gasteiger partial charge in [-0.15, -0.1) is 0 Å². The van der Waals surface area contributed by atoms with Gasteiger partial charge in [-0.1, -0.05) is 37.8 Å². The summed E-state index contributed by atoms with van der Waals surface area (Å²) in [5.74, 6) is -1.24. The van der Waals surface area contributed by atoms with Crippen molar-refractivity contribution in [2.24, 2.45) is 5.14 Å². The quantitative estimate of drug-likeness (QED) is 0.633. The van der Waals surface area contributed by atoms with Gasteiger partial charge in [-0.2, -0.15) is 0 Å². The number of benzene rings is 1. The van der Waals surface area contributed by atoms with Crippen LogP contribution in [0.1, 0.15) is 43.0 Å². The number of nitrogens with one attached hydrogen (secondary N) is 1. The number of primary sulfonamides is 1. The van der Waals surface area contributed by atoms with Gasteiger partial charge in [-0.3, -0.25) is 0 Å². The van der Waals surface area contributed by atoms with Gasteiger partial charge in [0.2, 0.25) is 10.0 Å². The molecule has 0 aliphatic carbocycles. The van der Waals surface area contributed by atoms with Crippen LogP contribution in [0.4, 0.5) is 5.69 Å². The summed E-state index contributed by atoms with van der Waals surface area (Å²) in [7, 11) is -4.09. The van der Waals surface area contributed by atoms with Gasteiger partial charge in [0.1, 0.15) is 4.90 Å². The lowest BCUT2D eigenvalue weighted by Crippen LogP contribution is -2.15. The van der Waals surface area contributed by atoms with E-state index in [0.717, 1.165) is 31.7 Å². The fraction of sp³-hybridized carbons (Fsp3) is 0.462. The molecule has 0 amide bonds. The second-order valence-corrected chi connectivity index (χ2v) is 6.58. The standard InChI is InChI=1S/C13H19ClN2O4S/c1-2-3-4-5-6-16-10-7-9(13(17)18)8-11(12(10)14)21(15,19)20/h7-8,16H,2-6H2,1H3,(H,17,18)(H2,15,19,20). The summed E-state index contributed by atoms with van der Waals surface area (Å²) in [5.41, 5.74) is 0.0802. The zero-order valence-electron chi connectivity index (χ0n) is 11.7. The van der Waals surface area contributed by atoms with Crippen molar-refractivity contribution >= 4 is 33.3 Å². The minimum atomic E-state index is -4.09. The Morgan fingerprint density at radius 2 is 2.00 bits per heavy atom. The van der Waals surface area contributed by atoms with Crippen molar-refractivity contribution in [1.29, 1.82) is 0 Å². The predicted octanol–water partition coefficient (Wildman–Crippen LogP) is 2.68. The van der Waals surface area contributed by atoms with Crippen LogP contribution in [0.5, 0.6) is 0 Å². The number of halogens is 1. The molecule has 0 atom stereocenters. The molecule has 21 heavy (non-hydrogen) atoms. The number of nitrogens with two attached hydrogens (primary N) is 1. The fourth-order valence-electron chi connectivity index (χ4n) is 1.83. The third-order valence-corrected chi connectivity index (χ3v) is 4.39. The van der Waals surface area contributed by atoms with E-state index in [0.29, 0.717) is 6.54 Å². The molecule has 1 aromatic rings. The lowest BCUT2D eigenvalue weighted by Gasteiger charge is -2.12. The number of sulfonamides is 1. The van der Waals surface area contributed by atoms with E-state index in [4.69, 9.17) is 21.8 Å². The van der Waals surface area contributed by atoms with Gasteiger partial charge < -0.3 is 10.4 Å². The number of rotatable bonds is 8. The Morgan fingerprint density at radius 1 is 1.33 bits per heavy atom. The van der Waals surface area contributed by atoms with Crippen LogP contribution >= 0.6 is 11.6 Å². The molecule has 0 bridgehead atoms. The van der Waals surface area contributed by atoms with Crippen molar-refractivity contribution < 1.29 is 18.3 Å². The van der Waals surface area contributed by atoms with E-state index in [9.17, 15) is 13.2 Å². The Hall–Kier alpha value is -1.31. The Morgan fingerprint density at radius 3 is 2.52 bits per heavy atom. The van der Waals surface area contributed by atoms with Crippen molar-refractivity contribution in [1.82, 2.24) is 0 Å². The highest BCUT2D eigenvalue weighted by Crippen LogP contribution is 2.30. The number of carboxylic acids is 1. The van der Waals surface area contributed by atoms with Crippen molar-refractivity contribution in [2.75, 3.05) is 11.9 Å². The Kier molecular flexibility index (Phi) is 6.44. The van der Waals surface area contributed by atoms with Crippen molar-refractivity contribution in [3.8, 4) is 0 Å². The predicted molar refractivity (Wildman–Crippen MR) is 82.4 cm³/mol. The van der Waals surface area contributed by atoms with Gasteiger partial charge in [0, 0.05) is 6.54 Å². The molecule has 0 saturated carbocycles. The van der Waals surface area contributed by atoms with Crippen LogP contribution in [0.25, 0.3) is 0 Å². The summed E-state index contributed by atoms with van der Waals surface area (Å²) in [6.07, 6.45) is 4.12. The third-order valence-electron chi connectivity index (χ3n) is 2.94. The number of carbonyl (C=O) groups is 1. The summed E-state index contributed by atoms with van der Waals surface area (Å²) < 4.78 is 22.9. The molecular formula is C13H19ClN2O4S. The molecule has 0 spiro atoms. The first kappa shape index (κ1) is 17.7. The second-order valence-electron chi connectivity index (χ2n) is 4.67. The minimum absolute atomic E-state index is 0.0852. The normalized spacial score (nSPS) is 11.4. The first-order chi connectivity index (χ1) is 9.77. The van der Waals surface area contributed by atoms with Gasteiger partial charge in [0.25, 0.3) is 0 Å². The molecule has 0 heterocycles. The molecule has 0 unspecified atom stereocenters. The van der Waals surface area contributed by atoms with E-state index in [1.165, 1.54) is 6.07 Å². The maximum Gasteiger partial charge on any atom is 0.335 e. The van der Waals surface area contributed by atoms with Crippen LogP contribution in [0.15, 0.2) is 17.0 Å². The van der Waals surface area contributed by atoms with E-state index in [-0.39, 0.29) is 21.2 Å². The van der Waals surface area contributed by atoms with Crippen molar-refractivity contribution in [2.45, 2.75) is 37.5 Å². The Bertz CT molecular complexity index is 617. The van der Waals surface area contributed by atoms with E-state index >= 15 is 0 Å². The van der Waals surface area contributed by atoms with Gasteiger partial charge in [-0.05, 0) is 18.6 Å². The number of unbranched alkanes of at least 4 members (excludes halogenated alkanes) is 3. The van der Waals surface area contributed by atoms with Crippen LogP contribution in [-0.2, 0) is 10.0 Å². The molecule has 8 heteroatoms. The molecule has 1 aromatic carbocycles. The topological polar surface area (TPSA) is 109 Å². The molecule has 118 valence electrons. The number of aromatic carboxylic acids is 1. The molecule has 0 radical (unpaired) electrons. The van der Waals surface area contributed by atoms with Crippen LogP contribution in [0, 0.1) is 0 Å². The molecule has 0 aliphatic heterocycles. The minimum Gasteiger partial charge on any atom is -0.478 e. The molecule has 0 aliphatic rings. The monoisotopic (exact) mass is 334 g/mol. The van der Waals surface area contributed by atoms with Gasteiger partial charge in [-0.25, -0.2) is 18.4 Å². The van der Waals surface area contributed by atoms with Crippen LogP contribution in [0.2, 0.25) is 5.02 Å². The lowest BCUT2D eigenvalue weighted by molar-refractivity contribution is 0.0696. The molecule has 0 aromatic heterocycles. The number of hydrogen-bond donors (Lipinski definition) is 3. The van der Waals surface area contributed by atoms with E-state index in [2.05, 4.69) is 12.2 Å². The number of carboxylic acid groups (broad SMARTS) is 1. The number of hydrogen-bond acceptors (Lipinski definition) is 4. The lowest BCUT2D eigenvalue weighted by atomic mass is 10.2. The van der Waals surface area contributed by atoms with E-state index < -0.39 is 16.0 Å². The molecule has 4 N–H and O–H groups in total. The average Bonchev–Trinajstić information content (AvgIpc) is 2.38. The number of anilines is 1. The zero-order valence-corrected chi connectivity index (χ0v) is 13.3. The molecule has 0 saturated heterocycles. The smallest absolute Gasteiger partial charge is 0.335 e. The molecular weight excluding hydrogens is 316 g/mol. The second kappa shape index (κ2) is 7.63. The van der Waals surface area contributed by atoms with Gasteiger partial charge >= 0.3 is 5.97 Å². The summed E-state index contributed by atoms with van der Waals surface area (Å²) in [4.78, 5) is 10.7. The zero-order chi connectivity index (χ0) is 16.0. The first-order valence-electron chi connectivity index (χ1n) is 6.61. The maximum absolute atomic E-state index is 11.5. The van der Waals surface area contributed by atoms with E-state index in [1.807, 2.05) is 0 Å². The molecule has 1 rings (SSSR count). The Balaban J connectivity index is 3.02. The van der Waals surface area contributed by atoms with Crippen LogP contribution in [0.3, 0.4) is 0 Å². The third kappa shape index (κ3) is 5.18.